The topological polar surface area (TPSA) is 25.2 Å². The van der Waals surface area contributed by atoms with E-state index >= 15 is 0 Å². The minimum atomic E-state index is 0.107. The molecule has 3 heteroatoms. The maximum atomic E-state index is 11.8. The fourth-order valence-electron chi connectivity index (χ4n) is 3.62. The Morgan fingerprint density at radius 3 is 2.50 bits per heavy atom. The van der Waals surface area contributed by atoms with Gasteiger partial charge in [0.1, 0.15) is 0 Å². The van der Waals surface area contributed by atoms with Gasteiger partial charge in [0.15, 0.2) is 0 Å². The SMILES string of the molecule is Cn1ccc(C2CCN(CCCCc3ccccc3)CC2)cc1=O. The van der Waals surface area contributed by atoms with Gasteiger partial charge in [-0.15, -0.1) is 0 Å². The second kappa shape index (κ2) is 8.29. The van der Waals surface area contributed by atoms with Gasteiger partial charge >= 0.3 is 0 Å². The third kappa shape index (κ3) is 4.57. The molecule has 0 aliphatic carbocycles. The molecule has 0 atom stereocenters. The molecule has 0 spiro atoms. The Labute approximate surface area is 144 Å². The molecule has 0 amide bonds. The molecule has 3 rings (SSSR count). The Morgan fingerprint density at radius 2 is 1.79 bits per heavy atom. The van der Waals surface area contributed by atoms with Crippen LogP contribution in [0.2, 0.25) is 0 Å². The van der Waals surface area contributed by atoms with Crippen molar-refractivity contribution in [3.63, 3.8) is 0 Å². The molecule has 1 aliphatic rings. The Morgan fingerprint density at radius 1 is 1.04 bits per heavy atom. The Balaban J connectivity index is 1.39. The highest BCUT2D eigenvalue weighted by atomic mass is 16.1. The Bertz CT molecular complexity index is 684. The molecule has 3 nitrogen and oxygen atoms in total. The first-order valence-electron chi connectivity index (χ1n) is 9.15. The van der Waals surface area contributed by atoms with Crippen molar-refractivity contribution in [2.75, 3.05) is 19.6 Å². The zero-order valence-corrected chi connectivity index (χ0v) is 14.7. The van der Waals surface area contributed by atoms with Crippen LogP contribution in [0.15, 0.2) is 53.5 Å². The first kappa shape index (κ1) is 17.0. The van der Waals surface area contributed by atoms with Crippen LogP contribution >= 0.6 is 0 Å². The lowest BCUT2D eigenvalue weighted by Crippen LogP contribution is -2.34. The number of pyridine rings is 1. The summed E-state index contributed by atoms with van der Waals surface area (Å²) in [6.07, 6.45) is 7.96. The van der Waals surface area contributed by atoms with Gasteiger partial charge in [0.25, 0.3) is 5.56 Å². The molecular formula is C21H28N2O. The number of rotatable bonds is 6. The summed E-state index contributed by atoms with van der Waals surface area (Å²) in [5, 5.41) is 0. The van der Waals surface area contributed by atoms with Crippen molar-refractivity contribution >= 4 is 0 Å². The first-order valence-corrected chi connectivity index (χ1v) is 9.15. The van der Waals surface area contributed by atoms with Crippen LogP contribution in [0.3, 0.4) is 0 Å². The van der Waals surface area contributed by atoms with Gasteiger partial charge in [0, 0.05) is 19.3 Å². The highest BCUT2D eigenvalue weighted by molar-refractivity contribution is 5.17. The van der Waals surface area contributed by atoms with Crippen LogP contribution in [-0.4, -0.2) is 29.1 Å². The Hall–Kier alpha value is -1.87. The molecule has 1 saturated heterocycles. The molecule has 2 aromatic rings. The number of piperidine rings is 1. The summed E-state index contributed by atoms with van der Waals surface area (Å²) in [5.74, 6) is 0.555. The van der Waals surface area contributed by atoms with Gasteiger partial charge in [0.2, 0.25) is 0 Å². The van der Waals surface area contributed by atoms with Gasteiger partial charge < -0.3 is 9.47 Å². The molecule has 1 aromatic heterocycles. The molecule has 24 heavy (non-hydrogen) atoms. The second-order valence-electron chi connectivity index (χ2n) is 6.97. The molecular weight excluding hydrogens is 296 g/mol. The van der Waals surface area contributed by atoms with Gasteiger partial charge in [-0.05, 0) is 74.8 Å². The van der Waals surface area contributed by atoms with Crippen molar-refractivity contribution < 1.29 is 0 Å². The van der Waals surface area contributed by atoms with E-state index in [0.29, 0.717) is 5.92 Å². The number of aromatic nitrogens is 1. The molecule has 0 radical (unpaired) electrons. The number of benzene rings is 1. The normalized spacial score (nSPS) is 16.4. The minimum Gasteiger partial charge on any atom is -0.319 e. The zero-order chi connectivity index (χ0) is 16.8. The Kier molecular flexibility index (Phi) is 5.86. The van der Waals surface area contributed by atoms with E-state index in [1.165, 1.54) is 49.8 Å². The number of hydrogen-bond donors (Lipinski definition) is 0. The van der Waals surface area contributed by atoms with Crippen molar-refractivity contribution in [2.24, 2.45) is 7.05 Å². The number of unbranched alkanes of at least 4 members (excludes halogenated alkanes) is 1. The molecule has 0 saturated carbocycles. The molecule has 128 valence electrons. The van der Waals surface area contributed by atoms with Gasteiger partial charge in [-0.2, -0.15) is 0 Å². The molecule has 0 unspecified atom stereocenters. The molecule has 2 heterocycles. The summed E-state index contributed by atoms with van der Waals surface area (Å²) >= 11 is 0. The van der Waals surface area contributed by atoms with Crippen LogP contribution in [0.1, 0.15) is 42.7 Å². The van der Waals surface area contributed by atoms with Crippen LogP contribution in [0.25, 0.3) is 0 Å². The van der Waals surface area contributed by atoms with Crippen molar-refractivity contribution in [1.29, 1.82) is 0 Å². The lowest BCUT2D eigenvalue weighted by atomic mass is 9.90. The molecule has 0 bridgehead atoms. The first-order chi connectivity index (χ1) is 11.7. The fourth-order valence-corrected chi connectivity index (χ4v) is 3.62. The smallest absolute Gasteiger partial charge is 0.250 e. The number of aryl methyl sites for hydroxylation is 2. The van der Waals surface area contributed by atoms with E-state index in [0.717, 1.165) is 13.1 Å². The summed E-state index contributed by atoms with van der Waals surface area (Å²) in [5.41, 5.74) is 2.78. The second-order valence-corrected chi connectivity index (χ2v) is 6.97. The highest BCUT2D eigenvalue weighted by Gasteiger charge is 2.20. The third-order valence-corrected chi connectivity index (χ3v) is 5.22. The quantitative estimate of drug-likeness (QED) is 0.759. The van der Waals surface area contributed by atoms with Gasteiger partial charge in [0.05, 0.1) is 0 Å². The van der Waals surface area contributed by atoms with Gasteiger partial charge in [-0.25, -0.2) is 0 Å². The summed E-state index contributed by atoms with van der Waals surface area (Å²) in [6.45, 7) is 3.52. The van der Waals surface area contributed by atoms with E-state index in [1.807, 2.05) is 19.3 Å². The van der Waals surface area contributed by atoms with Crippen LogP contribution < -0.4 is 5.56 Å². The van der Waals surface area contributed by atoms with E-state index in [4.69, 9.17) is 0 Å². The summed E-state index contributed by atoms with van der Waals surface area (Å²) in [4.78, 5) is 14.4. The maximum absolute atomic E-state index is 11.8. The molecule has 0 N–H and O–H groups in total. The largest absolute Gasteiger partial charge is 0.319 e. The third-order valence-electron chi connectivity index (χ3n) is 5.22. The van der Waals surface area contributed by atoms with Crippen molar-refractivity contribution in [2.45, 2.75) is 38.0 Å². The van der Waals surface area contributed by atoms with Crippen LogP contribution in [0.5, 0.6) is 0 Å². The van der Waals surface area contributed by atoms with Gasteiger partial charge in [-0.3, -0.25) is 4.79 Å². The van der Waals surface area contributed by atoms with Crippen LogP contribution in [0, 0.1) is 0 Å². The zero-order valence-electron chi connectivity index (χ0n) is 14.7. The number of likely N-dealkylation sites (tertiary alicyclic amines) is 1. The van der Waals surface area contributed by atoms with Crippen molar-refractivity contribution in [1.82, 2.24) is 9.47 Å². The summed E-state index contributed by atoms with van der Waals surface area (Å²) in [7, 11) is 1.81. The monoisotopic (exact) mass is 324 g/mol. The highest BCUT2D eigenvalue weighted by Crippen LogP contribution is 2.27. The number of hydrogen-bond acceptors (Lipinski definition) is 2. The van der Waals surface area contributed by atoms with Gasteiger partial charge in [-0.1, -0.05) is 30.3 Å². The predicted octanol–water partition coefficient (Wildman–Crippen LogP) is 3.59. The molecule has 1 aromatic carbocycles. The van der Waals surface area contributed by atoms with Crippen LogP contribution in [-0.2, 0) is 13.5 Å². The van der Waals surface area contributed by atoms with E-state index < -0.39 is 0 Å². The van der Waals surface area contributed by atoms with E-state index in [9.17, 15) is 4.79 Å². The van der Waals surface area contributed by atoms with E-state index in [-0.39, 0.29) is 5.56 Å². The summed E-state index contributed by atoms with van der Waals surface area (Å²) < 4.78 is 1.64. The molecule has 1 aliphatic heterocycles. The maximum Gasteiger partial charge on any atom is 0.250 e. The average molecular weight is 324 g/mol. The van der Waals surface area contributed by atoms with Crippen molar-refractivity contribution in [3.05, 3.63) is 70.1 Å². The predicted molar refractivity (Wildman–Crippen MR) is 99.5 cm³/mol. The average Bonchev–Trinajstić information content (AvgIpc) is 2.62. The van der Waals surface area contributed by atoms with E-state index in [1.54, 1.807) is 4.57 Å². The minimum absolute atomic E-state index is 0.107. The van der Waals surface area contributed by atoms with E-state index in [2.05, 4.69) is 41.3 Å². The van der Waals surface area contributed by atoms with Crippen molar-refractivity contribution in [3.8, 4) is 0 Å². The molecule has 1 fully saturated rings. The standard InChI is InChI=1S/C21H28N2O/c1-22-14-10-20(17-21(22)24)19-11-15-23(16-12-19)13-6-5-9-18-7-3-2-4-8-18/h2-4,7-8,10,14,17,19H,5-6,9,11-13,15-16H2,1H3. The lowest BCUT2D eigenvalue weighted by Gasteiger charge is -2.32. The summed E-state index contributed by atoms with van der Waals surface area (Å²) in [6, 6.07) is 14.7. The van der Waals surface area contributed by atoms with Crippen LogP contribution in [0.4, 0.5) is 0 Å². The number of nitrogens with zero attached hydrogens (tertiary/aromatic N) is 2. The lowest BCUT2D eigenvalue weighted by molar-refractivity contribution is 0.209. The fraction of sp³-hybridized carbons (Fsp3) is 0.476.